The molecule has 1 heterocycles. The second kappa shape index (κ2) is 9.50. The number of halogens is 2. The molecule has 5 nitrogen and oxygen atoms in total. The number of likely N-dealkylation sites (N-methyl/N-ethyl adjacent to an activating group) is 1. The molecular weight excluding hydrogens is 382 g/mol. The lowest BCUT2D eigenvalue weighted by Crippen LogP contribution is -2.31. The quantitative estimate of drug-likeness (QED) is 0.809. The van der Waals surface area contributed by atoms with Gasteiger partial charge in [-0.2, -0.15) is 0 Å². The minimum atomic E-state index is -0.0727. The van der Waals surface area contributed by atoms with Crippen LogP contribution in [0.15, 0.2) is 47.1 Å². The molecule has 0 aliphatic carbocycles. The molecule has 0 fully saturated rings. The number of nitrogens with two attached hydrogens (primary N) is 1. The summed E-state index contributed by atoms with van der Waals surface area (Å²) in [5, 5.41) is 0. The smallest absolute Gasteiger partial charge is 0.253 e. The normalized spacial score (nSPS) is 9.87. The van der Waals surface area contributed by atoms with E-state index in [1.165, 1.54) is 0 Å². The maximum atomic E-state index is 12.3. The summed E-state index contributed by atoms with van der Waals surface area (Å²) in [6.07, 6.45) is 1.60. The van der Waals surface area contributed by atoms with Crippen LogP contribution in [-0.2, 0) is 6.54 Å². The van der Waals surface area contributed by atoms with Gasteiger partial charge in [-0.05, 0) is 36.4 Å². The number of benzene rings is 1. The van der Waals surface area contributed by atoms with Crippen molar-refractivity contribution < 1.29 is 9.53 Å². The number of ether oxygens (including phenoxy) is 1. The Morgan fingerprint density at radius 3 is 2.65 bits per heavy atom. The number of hydrogen-bond donors (Lipinski definition) is 1. The zero-order valence-electron chi connectivity index (χ0n) is 12.7. The number of aromatic nitrogens is 1. The summed E-state index contributed by atoms with van der Waals surface area (Å²) < 4.78 is 6.62. The van der Waals surface area contributed by atoms with Crippen molar-refractivity contribution in [2.45, 2.75) is 6.54 Å². The molecule has 0 aliphatic rings. The van der Waals surface area contributed by atoms with Crippen LogP contribution in [0.2, 0.25) is 0 Å². The van der Waals surface area contributed by atoms with Crippen LogP contribution in [0.3, 0.4) is 0 Å². The molecule has 0 unspecified atom stereocenters. The van der Waals surface area contributed by atoms with Gasteiger partial charge >= 0.3 is 0 Å². The van der Waals surface area contributed by atoms with Gasteiger partial charge in [0, 0.05) is 29.8 Å². The molecule has 2 rings (SSSR count). The van der Waals surface area contributed by atoms with E-state index < -0.39 is 0 Å². The fourth-order valence-corrected chi connectivity index (χ4v) is 2.14. The lowest BCUT2D eigenvalue weighted by Gasteiger charge is -2.17. The van der Waals surface area contributed by atoms with Crippen molar-refractivity contribution in [1.82, 2.24) is 9.88 Å². The maximum absolute atomic E-state index is 12.3. The lowest BCUT2D eigenvalue weighted by atomic mass is 10.2. The Balaban J connectivity index is 0.00000264. The van der Waals surface area contributed by atoms with E-state index >= 15 is 0 Å². The first kappa shape index (κ1) is 19.4. The van der Waals surface area contributed by atoms with Gasteiger partial charge in [0.25, 0.3) is 5.91 Å². The minimum Gasteiger partial charge on any atom is -0.492 e. The molecule has 1 aromatic heterocycles. The summed E-state index contributed by atoms with van der Waals surface area (Å²) in [7, 11) is 1.75. The predicted molar refractivity (Wildman–Crippen MR) is 96.0 cm³/mol. The van der Waals surface area contributed by atoms with Crippen LogP contribution < -0.4 is 10.5 Å². The molecule has 7 heteroatoms. The van der Waals surface area contributed by atoms with E-state index in [1.54, 1.807) is 30.3 Å². The van der Waals surface area contributed by atoms with Gasteiger partial charge in [0.05, 0.1) is 12.2 Å². The van der Waals surface area contributed by atoms with Gasteiger partial charge < -0.3 is 15.4 Å². The van der Waals surface area contributed by atoms with Crippen molar-refractivity contribution in [2.75, 3.05) is 20.2 Å². The van der Waals surface area contributed by atoms with E-state index in [4.69, 9.17) is 10.5 Å². The third-order valence-electron chi connectivity index (χ3n) is 3.13. The van der Waals surface area contributed by atoms with Crippen molar-refractivity contribution in [3.63, 3.8) is 0 Å². The molecule has 1 aromatic carbocycles. The van der Waals surface area contributed by atoms with E-state index in [0.717, 1.165) is 10.2 Å². The van der Waals surface area contributed by atoms with Crippen LogP contribution in [0.1, 0.15) is 16.1 Å². The third-order valence-corrected chi connectivity index (χ3v) is 3.66. The van der Waals surface area contributed by atoms with Crippen LogP contribution in [0, 0.1) is 0 Å². The molecule has 0 saturated carbocycles. The highest BCUT2D eigenvalue weighted by molar-refractivity contribution is 9.10. The van der Waals surface area contributed by atoms with Crippen molar-refractivity contribution in [3.05, 3.63) is 58.3 Å². The first-order valence-corrected chi connectivity index (χ1v) is 7.68. The van der Waals surface area contributed by atoms with E-state index in [9.17, 15) is 4.79 Å². The summed E-state index contributed by atoms with van der Waals surface area (Å²) in [6, 6.07) is 11.0. The summed E-state index contributed by atoms with van der Waals surface area (Å²) in [4.78, 5) is 18.0. The Labute approximate surface area is 150 Å². The van der Waals surface area contributed by atoms with Crippen molar-refractivity contribution in [3.8, 4) is 5.75 Å². The second-order valence-corrected chi connectivity index (χ2v) is 5.68. The summed E-state index contributed by atoms with van der Waals surface area (Å²) in [6.45, 7) is 1.24. The van der Waals surface area contributed by atoms with Crippen LogP contribution in [0.5, 0.6) is 5.75 Å². The predicted octanol–water partition coefficient (Wildman–Crippen LogP) is 2.88. The average Bonchev–Trinajstić information content (AvgIpc) is 2.56. The van der Waals surface area contributed by atoms with Crippen molar-refractivity contribution in [2.24, 2.45) is 5.73 Å². The van der Waals surface area contributed by atoms with Crippen molar-refractivity contribution >= 4 is 34.2 Å². The number of carbonyl (C=O) groups is 1. The van der Waals surface area contributed by atoms with Gasteiger partial charge in [-0.1, -0.05) is 15.9 Å². The van der Waals surface area contributed by atoms with E-state index in [2.05, 4.69) is 20.9 Å². The van der Waals surface area contributed by atoms with Gasteiger partial charge in [-0.25, -0.2) is 0 Å². The Morgan fingerprint density at radius 1 is 1.30 bits per heavy atom. The molecular formula is C16H19BrClN3O2. The molecule has 0 radical (unpaired) electrons. The van der Waals surface area contributed by atoms with Gasteiger partial charge in [-0.15, -0.1) is 12.4 Å². The van der Waals surface area contributed by atoms with Gasteiger partial charge in [0.1, 0.15) is 12.4 Å². The maximum Gasteiger partial charge on any atom is 0.253 e. The minimum absolute atomic E-state index is 0. The fourth-order valence-electron chi connectivity index (χ4n) is 1.88. The largest absolute Gasteiger partial charge is 0.492 e. The van der Waals surface area contributed by atoms with Gasteiger partial charge in [-0.3, -0.25) is 9.78 Å². The topological polar surface area (TPSA) is 68.5 Å². The average molecular weight is 401 g/mol. The molecule has 2 aromatic rings. The number of carbonyl (C=O) groups excluding carboxylic acids is 1. The summed E-state index contributed by atoms with van der Waals surface area (Å²) in [5.41, 5.74) is 6.82. The molecule has 0 spiro atoms. The van der Waals surface area contributed by atoms with Crippen molar-refractivity contribution in [1.29, 1.82) is 0 Å². The molecule has 23 heavy (non-hydrogen) atoms. The molecule has 0 atom stereocenters. The number of amides is 1. The zero-order chi connectivity index (χ0) is 15.9. The number of rotatable bonds is 6. The number of hydrogen-bond acceptors (Lipinski definition) is 4. The molecule has 0 bridgehead atoms. The Kier molecular flexibility index (Phi) is 8.02. The van der Waals surface area contributed by atoms with Gasteiger partial charge in [0.2, 0.25) is 0 Å². The number of nitrogens with zero attached hydrogens (tertiary/aromatic N) is 2. The molecule has 1 amide bonds. The fraction of sp³-hybridized carbons (Fsp3) is 0.250. The zero-order valence-corrected chi connectivity index (χ0v) is 15.1. The SMILES string of the molecule is CN(CCOc1ccc(Br)cc1)C(=O)c1ccnc(CN)c1.Cl. The van der Waals surface area contributed by atoms with Crippen LogP contribution in [-0.4, -0.2) is 36.0 Å². The van der Waals surface area contributed by atoms with Crippen LogP contribution in [0.25, 0.3) is 0 Å². The Bertz CT molecular complexity index is 637. The van der Waals surface area contributed by atoms with E-state index in [0.29, 0.717) is 31.0 Å². The van der Waals surface area contributed by atoms with E-state index in [-0.39, 0.29) is 18.3 Å². The molecule has 0 saturated heterocycles. The monoisotopic (exact) mass is 399 g/mol. The van der Waals surface area contributed by atoms with Gasteiger partial charge in [0.15, 0.2) is 0 Å². The molecule has 2 N–H and O–H groups in total. The summed E-state index contributed by atoms with van der Waals surface area (Å²) in [5.74, 6) is 0.704. The van der Waals surface area contributed by atoms with Crippen LogP contribution >= 0.6 is 28.3 Å². The third kappa shape index (κ3) is 5.82. The highest BCUT2D eigenvalue weighted by atomic mass is 79.9. The number of pyridine rings is 1. The molecule has 124 valence electrons. The Morgan fingerprint density at radius 2 is 2.00 bits per heavy atom. The highest BCUT2D eigenvalue weighted by Crippen LogP contribution is 2.16. The first-order chi connectivity index (χ1) is 10.6. The standard InChI is InChI=1S/C16H18BrN3O2.ClH/c1-20(8-9-22-15-4-2-13(17)3-5-15)16(21)12-6-7-19-14(10-12)11-18;/h2-7,10H,8-9,11,18H2,1H3;1H. The van der Waals surface area contributed by atoms with Crippen LogP contribution in [0.4, 0.5) is 0 Å². The molecule has 0 aliphatic heterocycles. The first-order valence-electron chi connectivity index (χ1n) is 6.89. The highest BCUT2D eigenvalue weighted by Gasteiger charge is 2.12. The van der Waals surface area contributed by atoms with E-state index in [1.807, 2.05) is 24.3 Å². The lowest BCUT2D eigenvalue weighted by molar-refractivity contribution is 0.0773. The summed E-state index contributed by atoms with van der Waals surface area (Å²) >= 11 is 3.37. The second-order valence-electron chi connectivity index (χ2n) is 4.77. The Hall–Kier alpha value is -1.63.